The molecule has 0 saturated heterocycles. The van der Waals surface area contributed by atoms with E-state index in [0.717, 1.165) is 24.4 Å². The van der Waals surface area contributed by atoms with E-state index in [1.807, 2.05) is 35.9 Å². The first-order chi connectivity index (χ1) is 7.25. The number of imidazole rings is 1. The van der Waals surface area contributed by atoms with Crippen molar-refractivity contribution in [3.05, 3.63) is 42.0 Å². The number of nitrogen functional groups attached to an aromatic ring is 1. The van der Waals surface area contributed by atoms with Gasteiger partial charge < -0.3 is 10.3 Å². The summed E-state index contributed by atoms with van der Waals surface area (Å²) in [5, 5.41) is 0. The highest BCUT2D eigenvalue weighted by Gasteiger charge is 1.99. The predicted molar refractivity (Wildman–Crippen MR) is 59.3 cm³/mol. The zero-order valence-electron chi connectivity index (χ0n) is 8.72. The molecule has 0 saturated carbocycles. The van der Waals surface area contributed by atoms with Gasteiger partial charge in [0.2, 0.25) is 0 Å². The van der Waals surface area contributed by atoms with Crippen molar-refractivity contribution in [3.8, 4) is 0 Å². The minimum atomic E-state index is 0.558. The SMILES string of the molecule is Cc1cccc(CCn2ccnc2N)n1. The standard InChI is InChI=1S/C11H14N4/c1-9-3-2-4-10(14-9)5-7-15-8-6-13-11(15)12/h2-4,6,8H,5,7H2,1H3,(H2,12,13). The first-order valence-electron chi connectivity index (χ1n) is 4.95. The molecule has 2 aromatic rings. The molecule has 4 heteroatoms. The van der Waals surface area contributed by atoms with Crippen molar-refractivity contribution in [2.45, 2.75) is 19.9 Å². The quantitative estimate of drug-likeness (QED) is 0.818. The largest absolute Gasteiger partial charge is 0.369 e. The molecule has 0 fully saturated rings. The van der Waals surface area contributed by atoms with Gasteiger partial charge in [-0.05, 0) is 19.1 Å². The van der Waals surface area contributed by atoms with Gasteiger partial charge in [0, 0.05) is 36.7 Å². The lowest BCUT2D eigenvalue weighted by Crippen LogP contribution is -2.05. The second-order valence-electron chi connectivity index (χ2n) is 3.50. The number of hydrogen-bond donors (Lipinski definition) is 1. The van der Waals surface area contributed by atoms with Crippen molar-refractivity contribution in [2.75, 3.05) is 5.73 Å². The van der Waals surface area contributed by atoms with Gasteiger partial charge in [0.05, 0.1) is 0 Å². The topological polar surface area (TPSA) is 56.7 Å². The summed E-state index contributed by atoms with van der Waals surface area (Å²) in [5.41, 5.74) is 7.80. The van der Waals surface area contributed by atoms with Gasteiger partial charge in [-0.1, -0.05) is 6.07 Å². The molecular formula is C11H14N4. The Balaban J connectivity index is 2.02. The number of anilines is 1. The smallest absolute Gasteiger partial charge is 0.200 e. The average Bonchev–Trinajstić information content (AvgIpc) is 2.61. The Hall–Kier alpha value is -1.84. The van der Waals surface area contributed by atoms with Crippen molar-refractivity contribution >= 4 is 5.95 Å². The summed E-state index contributed by atoms with van der Waals surface area (Å²) >= 11 is 0. The summed E-state index contributed by atoms with van der Waals surface area (Å²) in [6.45, 7) is 2.82. The third-order valence-electron chi connectivity index (χ3n) is 2.30. The molecule has 0 aliphatic heterocycles. The van der Waals surface area contributed by atoms with E-state index in [9.17, 15) is 0 Å². The molecule has 0 bridgehead atoms. The minimum absolute atomic E-state index is 0.558. The van der Waals surface area contributed by atoms with E-state index >= 15 is 0 Å². The molecule has 2 aromatic heterocycles. The van der Waals surface area contributed by atoms with E-state index in [-0.39, 0.29) is 0 Å². The molecule has 0 amide bonds. The van der Waals surface area contributed by atoms with Crippen LogP contribution >= 0.6 is 0 Å². The third kappa shape index (κ3) is 2.34. The molecule has 0 atom stereocenters. The fourth-order valence-electron chi connectivity index (χ4n) is 1.50. The van der Waals surface area contributed by atoms with Gasteiger partial charge in [-0.2, -0.15) is 0 Å². The van der Waals surface area contributed by atoms with Gasteiger partial charge in [0.1, 0.15) is 0 Å². The fourth-order valence-corrected chi connectivity index (χ4v) is 1.50. The van der Waals surface area contributed by atoms with Crippen molar-refractivity contribution in [3.63, 3.8) is 0 Å². The lowest BCUT2D eigenvalue weighted by atomic mass is 10.2. The van der Waals surface area contributed by atoms with Crippen LogP contribution in [0.2, 0.25) is 0 Å². The highest BCUT2D eigenvalue weighted by atomic mass is 15.1. The fraction of sp³-hybridized carbons (Fsp3) is 0.273. The van der Waals surface area contributed by atoms with Crippen molar-refractivity contribution in [1.82, 2.24) is 14.5 Å². The highest BCUT2D eigenvalue weighted by Crippen LogP contribution is 2.04. The lowest BCUT2D eigenvalue weighted by molar-refractivity contribution is 0.693. The van der Waals surface area contributed by atoms with Gasteiger partial charge >= 0.3 is 0 Å². The van der Waals surface area contributed by atoms with Gasteiger partial charge in [-0.3, -0.25) is 4.98 Å². The van der Waals surface area contributed by atoms with Crippen LogP contribution in [0.5, 0.6) is 0 Å². The number of nitrogens with two attached hydrogens (primary N) is 1. The first-order valence-corrected chi connectivity index (χ1v) is 4.95. The summed E-state index contributed by atoms with van der Waals surface area (Å²) in [5.74, 6) is 0.558. The molecule has 0 aromatic carbocycles. The van der Waals surface area contributed by atoms with Gasteiger partial charge in [-0.15, -0.1) is 0 Å². The van der Waals surface area contributed by atoms with Crippen LogP contribution in [-0.2, 0) is 13.0 Å². The molecule has 0 spiro atoms. The summed E-state index contributed by atoms with van der Waals surface area (Å²) < 4.78 is 1.92. The Kier molecular flexibility index (Phi) is 2.67. The number of aromatic nitrogens is 3. The predicted octanol–water partition coefficient (Wildman–Crippen LogP) is 1.41. The van der Waals surface area contributed by atoms with Crippen LogP contribution in [0, 0.1) is 6.92 Å². The number of nitrogens with zero attached hydrogens (tertiary/aromatic N) is 3. The maximum atomic E-state index is 5.67. The Bertz CT molecular complexity index is 447. The Morgan fingerprint density at radius 3 is 2.93 bits per heavy atom. The lowest BCUT2D eigenvalue weighted by Gasteiger charge is -2.04. The van der Waals surface area contributed by atoms with Crippen LogP contribution in [0.4, 0.5) is 5.95 Å². The van der Waals surface area contributed by atoms with E-state index in [2.05, 4.69) is 9.97 Å². The molecule has 0 aliphatic rings. The normalized spacial score (nSPS) is 10.5. The molecular weight excluding hydrogens is 188 g/mol. The van der Waals surface area contributed by atoms with E-state index in [1.165, 1.54) is 0 Å². The summed E-state index contributed by atoms with van der Waals surface area (Å²) in [6.07, 6.45) is 4.46. The number of aryl methyl sites for hydroxylation is 3. The minimum Gasteiger partial charge on any atom is -0.369 e. The first kappa shape index (κ1) is 9.71. The molecule has 0 radical (unpaired) electrons. The van der Waals surface area contributed by atoms with Crippen LogP contribution in [0.25, 0.3) is 0 Å². The van der Waals surface area contributed by atoms with E-state index in [4.69, 9.17) is 5.73 Å². The molecule has 15 heavy (non-hydrogen) atoms. The molecule has 0 unspecified atom stereocenters. The van der Waals surface area contributed by atoms with E-state index in [1.54, 1.807) is 6.20 Å². The van der Waals surface area contributed by atoms with Gasteiger partial charge in [0.25, 0.3) is 0 Å². The third-order valence-corrected chi connectivity index (χ3v) is 2.30. The summed E-state index contributed by atoms with van der Waals surface area (Å²) in [6, 6.07) is 6.05. The zero-order chi connectivity index (χ0) is 10.7. The van der Waals surface area contributed by atoms with E-state index < -0.39 is 0 Å². The van der Waals surface area contributed by atoms with Crippen LogP contribution in [0.3, 0.4) is 0 Å². The van der Waals surface area contributed by atoms with Crippen molar-refractivity contribution in [1.29, 1.82) is 0 Å². The van der Waals surface area contributed by atoms with Crippen molar-refractivity contribution < 1.29 is 0 Å². The molecule has 2 rings (SSSR count). The van der Waals surface area contributed by atoms with Gasteiger partial charge in [0.15, 0.2) is 5.95 Å². The maximum absolute atomic E-state index is 5.67. The molecule has 2 heterocycles. The number of pyridine rings is 1. The van der Waals surface area contributed by atoms with Crippen LogP contribution in [0.15, 0.2) is 30.6 Å². The summed E-state index contributed by atoms with van der Waals surface area (Å²) in [4.78, 5) is 8.39. The van der Waals surface area contributed by atoms with Gasteiger partial charge in [-0.25, -0.2) is 4.98 Å². The van der Waals surface area contributed by atoms with E-state index in [0.29, 0.717) is 5.95 Å². The van der Waals surface area contributed by atoms with Crippen LogP contribution in [0.1, 0.15) is 11.4 Å². The zero-order valence-corrected chi connectivity index (χ0v) is 8.72. The highest BCUT2D eigenvalue weighted by molar-refractivity contribution is 5.17. The second-order valence-corrected chi connectivity index (χ2v) is 3.50. The molecule has 4 nitrogen and oxygen atoms in total. The number of hydrogen-bond acceptors (Lipinski definition) is 3. The van der Waals surface area contributed by atoms with Crippen LogP contribution in [-0.4, -0.2) is 14.5 Å². The Morgan fingerprint density at radius 2 is 2.27 bits per heavy atom. The maximum Gasteiger partial charge on any atom is 0.200 e. The Morgan fingerprint density at radius 1 is 1.40 bits per heavy atom. The summed E-state index contributed by atoms with van der Waals surface area (Å²) in [7, 11) is 0. The molecule has 2 N–H and O–H groups in total. The molecule has 0 aliphatic carbocycles. The van der Waals surface area contributed by atoms with Crippen LogP contribution < -0.4 is 5.73 Å². The molecule has 78 valence electrons. The number of rotatable bonds is 3. The second kappa shape index (κ2) is 4.13. The monoisotopic (exact) mass is 202 g/mol. The Labute approximate surface area is 88.8 Å². The van der Waals surface area contributed by atoms with Crippen molar-refractivity contribution in [2.24, 2.45) is 0 Å². The average molecular weight is 202 g/mol.